The van der Waals surface area contributed by atoms with Crippen molar-refractivity contribution < 1.29 is 9.53 Å². The number of amides is 1. The van der Waals surface area contributed by atoms with E-state index in [0.717, 1.165) is 32.8 Å². The van der Waals surface area contributed by atoms with Crippen LogP contribution in [0.5, 0.6) is 5.75 Å². The van der Waals surface area contributed by atoms with E-state index in [0.29, 0.717) is 5.02 Å². The van der Waals surface area contributed by atoms with Gasteiger partial charge in [0.25, 0.3) is 0 Å². The largest absolute Gasteiger partial charge is 0.497 e. The van der Waals surface area contributed by atoms with Gasteiger partial charge in [-0.1, -0.05) is 65.3 Å². The first-order valence-corrected chi connectivity index (χ1v) is 11.4. The zero-order chi connectivity index (χ0) is 22.7. The number of pyridine rings is 2. The van der Waals surface area contributed by atoms with Gasteiger partial charge in [0.05, 0.1) is 32.9 Å². The molecule has 0 unspecified atom stereocenters. The van der Waals surface area contributed by atoms with E-state index in [1.165, 1.54) is 24.0 Å². The van der Waals surface area contributed by atoms with Crippen LogP contribution in [0.2, 0.25) is 10.0 Å². The van der Waals surface area contributed by atoms with Gasteiger partial charge >= 0.3 is 0 Å². The van der Waals surface area contributed by atoms with Crippen molar-refractivity contribution >= 4 is 57.6 Å². The number of benzene rings is 2. The summed E-state index contributed by atoms with van der Waals surface area (Å²) in [6.07, 6.45) is 1.44. The molecule has 1 atom stereocenters. The third-order valence-electron chi connectivity index (χ3n) is 4.79. The molecule has 0 radical (unpaired) electrons. The summed E-state index contributed by atoms with van der Waals surface area (Å²) in [5.74, 6) is 0.760. The molecule has 162 valence electrons. The Kier molecular flexibility index (Phi) is 6.84. The summed E-state index contributed by atoms with van der Waals surface area (Å²) in [5, 5.41) is 4.73. The number of nitrogens with one attached hydrogen (secondary N) is 1. The van der Waals surface area contributed by atoms with Gasteiger partial charge in [-0.2, -0.15) is 0 Å². The van der Waals surface area contributed by atoms with Crippen molar-refractivity contribution in [1.82, 2.24) is 9.97 Å². The number of anilines is 1. The van der Waals surface area contributed by atoms with Gasteiger partial charge in [-0.15, -0.1) is 0 Å². The molecule has 2 aromatic heterocycles. The second-order valence-corrected chi connectivity index (χ2v) is 9.20. The first-order valence-electron chi connectivity index (χ1n) is 9.77. The molecule has 0 aliphatic heterocycles. The fourth-order valence-electron chi connectivity index (χ4n) is 3.19. The van der Waals surface area contributed by atoms with Gasteiger partial charge in [-0.25, -0.2) is 9.97 Å². The van der Waals surface area contributed by atoms with Gasteiger partial charge in [-0.05, 0) is 42.3 Å². The minimum atomic E-state index is -0.442. The molecule has 32 heavy (non-hydrogen) atoms. The van der Waals surface area contributed by atoms with Crippen LogP contribution in [0.4, 0.5) is 5.82 Å². The van der Waals surface area contributed by atoms with Crippen molar-refractivity contribution in [3.05, 3.63) is 76.9 Å². The van der Waals surface area contributed by atoms with Crippen molar-refractivity contribution in [2.75, 3.05) is 12.4 Å². The maximum absolute atomic E-state index is 12.8. The van der Waals surface area contributed by atoms with Crippen LogP contribution < -0.4 is 10.1 Å². The predicted octanol–water partition coefficient (Wildman–Crippen LogP) is 6.73. The van der Waals surface area contributed by atoms with E-state index >= 15 is 0 Å². The number of hydrogen-bond donors (Lipinski definition) is 1. The third kappa shape index (κ3) is 4.99. The molecule has 0 spiro atoms. The van der Waals surface area contributed by atoms with Gasteiger partial charge in [0.15, 0.2) is 5.82 Å². The highest BCUT2D eigenvalue weighted by Gasteiger charge is 2.19. The van der Waals surface area contributed by atoms with Crippen molar-refractivity contribution in [2.24, 2.45) is 0 Å². The predicted molar refractivity (Wildman–Crippen MR) is 132 cm³/mol. The topological polar surface area (TPSA) is 64.1 Å². The second kappa shape index (κ2) is 9.77. The minimum Gasteiger partial charge on any atom is -0.497 e. The number of thioether (sulfide) groups is 1. The number of halogens is 2. The first kappa shape index (κ1) is 22.4. The minimum absolute atomic E-state index is 0.236. The summed E-state index contributed by atoms with van der Waals surface area (Å²) in [7, 11) is 1.63. The van der Waals surface area contributed by atoms with Gasteiger partial charge in [0, 0.05) is 17.6 Å². The fourth-order valence-corrected chi connectivity index (χ4v) is 4.48. The molecule has 0 fully saturated rings. The SMILES string of the molecule is COc1ccc2c(-c3ccccc3)cc(S[C@H](C)C(=O)Nc3ncc(Cl)cc3Cl)nc2c1. The van der Waals surface area contributed by atoms with Crippen LogP contribution in [0.1, 0.15) is 6.92 Å². The number of carbonyl (C=O) groups excluding carboxylic acids is 1. The van der Waals surface area contributed by atoms with E-state index in [1.54, 1.807) is 7.11 Å². The first-order chi connectivity index (χ1) is 15.4. The number of hydrogen-bond acceptors (Lipinski definition) is 5. The molecule has 0 aliphatic rings. The molecule has 0 bridgehead atoms. The lowest BCUT2D eigenvalue weighted by Gasteiger charge is -2.14. The number of methoxy groups -OCH3 is 1. The summed E-state index contributed by atoms with van der Waals surface area (Å²) >= 11 is 13.4. The van der Waals surface area contributed by atoms with Crippen LogP contribution >= 0.6 is 35.0 Å². The summed E-state index contributed by atoms with van der Waals surface area (Å²) in [6.45, 7) is 1.81. The average molecular weight is 484 g/mol. The zero-order valence-electron chi connectivity index (χ0n) is 17.3. The van der Waals surface area contributed by atoms with Crippen molar-refractivity contribution in [3.8, 4) is 16.9 Å². The quantitative estimate of drug-likeness (QED) is 0.308. The van der Waals surface area contributed by atoms with Crippen LogP contribution in [-0.2, 0) is 4.79 Å². The molecule has 0 saturated carbocycles. The van der Waals surface area contributed by atoms with E-state index in [-0.39, 0.29) is 16.7 Å². The Morgan fingerprint density at radius 2 is 1.88 bits per heavy atom. The lowest BCUT2D eigenvalue weighted by atomic mass is 10.0. The summed E-state index contributed by atoms with van der Waals surface area (Å²) in [4.78, 5) is 21.6. The molecule has 5 nitrogen and oxygen atoms in total. The van der Waals surface area contributed by atoms with E-state index < -0.39 is 5.25 Å². The summed E-state index contributed by atoms with van der Waals surface area (Å²) in [6, 6.07) is 19.4. The second-order valence-electron chi connectivity index (χ2n) is 6.99. The molecule has 4 rings (SSSR count). The molecule has 1 amide bonds. The van der Waals surface area contributed by atoms with Crippen LogP contribution in [0.3, 0.4) is 0 Å². The van der Waals surface area contributed by atoms with Crippen molar-refractivity contribution in [2.45, 2.75) is 17.2 Å². The highest BCUT2D eigenvalue weighted by molar-refractivity contribution is 8.00. The Morgan fingerprint density at radius 1 is 1.09 bits per heavy atom. The Labute approximate surface area is 200 Å². The van der Waals surface area contributed by atoms with E-state index in [2.05, 4.69) is 22.4 Å². The molecule has 1 N–H and O–H groups in total. The third-order valence-corrected chi connectivity index (χ3v) is 6.31. The number of nitrogens with zero attached hydrogens (tertiary/aromatic N) is 2. The van der Waals surface area contributed by atoms with E-state index in [1.807, 2.05) is 49.4 Å². The lowest BCUT2D eigenvalue weighted by molar-refractivity contribution is -0.115. The van der Waals surface area contributed by atoms with Gasteiger partial charge in [0.1, 0.15) is 5.75 Å². The molecule has 2 heterocycles. The van der Waals surface area contributed by atoms with Crippen molar-refractivity contribution in [3.63, 3.8) is 0 Å². The molecule has 0 saturated heterocycles. The Morgan fingerprint density at radius 3 is 2.59 bits per heavy atom. The summed E-state index contributed by atoms with van der Waals surface area (Å²) < 4.78 is 5.37. The van der Waals surface area contributed by atoms with E-state index in [4.69, 9.17) is 32.9 Å². The molecular weight excluding hydrogens is 465 g/mol. The Bertz CT molecular complexity index is 1290. The molecular formula is C24H19Cl2N3O2S. The Balaban J connectivity index is 1.65. The molecule has 2 aromatic carbocycles. The average Bonchev–Trinajstić information content (AvgIpc) is 2.80. The lowest BCUT2D eigenvalue weighted by Crippen LogP contribution is -2.23. The normalized spacial score (nSPS) is 11.9. The van der Waals surface area contributed by atoms with Crippen LogP contribution in [0.25, 0.3) is 22.0 Å². The summed E-state index contributed by atoms with van der Waals surface area (Å²) in [5.41, 5.74) is 2.90. The number of rotatable bonds is 6. The van der Waals surface area contributed by atoms with Gasteiger partial charge in [0.2, 0.25) is 5.91 Å². The van der Waals surface area contributed by atoms with Gasteiger partial charge in [-0.3, -0.25) is 4.79 Å². The monoisotopic (exact) mass is 483 g/mol. The fraction of sp³-hybridized carbons (Fsp3) is 0.125. The molecule has 8 heteroatoms. The van der Waals surface area contributed by atoms with Gasteiger partial charge < -0.3 is 10.1 Å². The standard InChI is InChI=1S/C24H19Cl2N3O2S/c1-14(24(30)29-23-20(26)10-16(25)13-27-23)32-22-12-19(15-6-4-3-5-7-15)18-9-8-17(31-2)11-21(18)28-22/h3-14H,1-2H3,(H,27,29,30)/t14-/m1/s1. The maximum Gasteiger partial charge on any atom is 0.238 e. The zero-order valence-corrected chi connectivity index (χ0v) is 19.6. The maximum atomic E-state index is 12.8. The smallest absolute Gasteiger partial charge is 0.238 e. The molecule has 0 aliphatic carbocycles. The van der Waals surface area contributed by atoms with Crippen LogP contribution in [0, 0.1) is 0 Å². The van der Waals surface area contributed by atoms with Crippen LogP contribution in [-0.4, -0.2) is 28.2 Å². The van der Waals surface area contributed by atoms with E-state index in [9.17, 15) is 4.79 Å². The number of fused-ring (bicyclic) bond motifs is 1. The van der Waals surface area contributed by atoms with Crippen molar-refractivity contribution in [1.29, 1.82) is 0 Å². The molecule has 4 aromatic rings. The highest BCUT2D eigenvalue weighted by Crippen LogP contribution is 2.35. The van der Waals surface area contributed by atoms with Crippen LogP contribution in [0.15, 0.2) is 71.9 Å². The number of aromatic nitrogens is 2. The number of ether oxygens (including phenoxy) is 1. The Hall–Kier alpha value is -2.80. The number of carbonyl (C=O) groups is 1. The highest BCUT2D eigenvalue weighted by atomic mass is 35.5.